The molecule has 0 spiro atoms. The lowest BCUT2D eigenvalue weighted by Gasteiger charge is -2.15. The predicted molar refractivity (Wildman–Crippen MR) is 52.4 cm³/mol. The molecule has 0 rings (SSSR count). The fraction of sp³-hybridized carbons (Fsp3) is 0.625. The number of carbonyl (C=O) groups is 3. The third-order valence-electron chi connectivity index (χ3n) is 1.73. The molecule has 18 heavy (non-hydrogen) atoms. The van der Waals surface area contributed by atoms with Crippen molar-refractivity contribution in [2.75, 3.05) is 6.54 Å². The van der Waals surface area contributed by atoms with Gasteiger partial charge in [0.2, 0.25) is 5.91 Å². The Hall–Kier alpha value is -2.00. The van der Waals surface area contributed by atoms with Gasteiger partial charge in [0, 0.05) is 6.42 Å². The SMILES string of the molecule is NC(=O)CC[C@@H](NC(=O)NCC(F)(F)F)C(=O)O. The van der Waals surface area contributed by atoms with Crippen LogP contribution in [0.1, 0.15) is 12.8 Å². The van der Waals surface area contributed by atoms with Crippen LogP contribution in [0.25, 0.3) is 0 Å². The van der Waals surface area contributed by atoms with Crippen LogP contribution in [-0.2, 0) is 9.59 Å². The van der Waals surface area contributed by atoms with Crippen LogP contribution in [0.5, 0.6) is 0 Å². The highest BCUT2D eigenvalue weighted by molar-refractivity contribution is 5.83. The molecule has 0 heterocycles. The molecule has 0 aromatic rings. The van der Waals surface area contributed by atoms with Crippen molar-refractivity contribution in [3.63, 3.8) is 0 Å². The van der Waals surface area contributed by atoms with Crippen LogP contribution in [-0.4, -0.2) is 41.8 Å². The molecule has 10 heteroatoms. The number of nitrogens with two attached hydrogens (primary N) is 1. The fourth-order valence-electron chi connectivity index (χ4n) is 0.934. The Morgan fingerprint density at radius 2 is 1.83 bits per heavy atom. The molecule has 0 aliphatic rings. The molecule has 0 aromatic heterocycles. The average Bonchev–Trinajstić information content (AvgIpc) is 2.19. The quantitative estimate of drug-likeness (QED) is 0.523. The van der Waals surface area contributed by atoms with Gasteiger partial charge in [-0.25, -0.2) is 9.59 Å². The molecule has 0 saturated heterocycles. The summed E-state index contributed by atoms with van der Waals surface area (Å²) in [5.74, 6) is -2.25. The molecule has 0 bridgehead atoms. The zero-order valence-electron chi connectivity index (χ0n) is 9.08. The number of carboxylic acids is 1. The Kier molecular flexibility index (Phi) is 5.93. The maximum Gasteiger partial charge on any atom is 0.405 e. The van der Waals surface area contributed by atoms with Crippen LogP contribution < -0.4 is 16.4 Å². The number of aliphatic carboxylic acids is 1. The predicted octanol–water partition coefficient (Wildman–Crippen LogP) is -0.433. The topological polar surface area (TPSA) is 122 Å². The van der Waals surface area contributed by atoms with E-state index < -0.39 is 36.7 Å². The Bertz CT molecular complexity index is 332. The maximum atomic E-state index is 11.7. The highest BCUT2D eigenvalue weighted by Crippen LogP contribution is 2.11. The Balaban J connectivity index is 4.20. The van der Waals surface area contributed by atoms with E-state index in [1.165, 1.54) is 5.32 Å². The number of urea groups is 1. The lowest BCUT2D eigenvalue weighted by Crippen LogP contribution is -2.48. The van der Waals surface area contributed by atoms with Gasteiger partial charge in [0.05, 0.1) is 0 Å². The summed E-state index contributed by atoms with van der Waals surface area (Å²) in [7, 11) is 0. The minimum Gasteiger partial charge on any atom is -0.480 e. The van der Waals surface area contributed by atoms with Crippen LogP contribution in [0.4, 0.5) is 18.0 Å². The van der Waals surface area contributed by atoms with Gasteiger partial charge in [-0.15, -0.1) is 0 Å². The molecule has 3 amide bonds. The van der Waals surface area contributed by atoms with Crippen molar-refractivity contribution in [3.8, 4) is 0 Å². The maximum absolute atomic E-state index is 11.7. The molecular weight excluding hydrogens is 259 g/mol. The molecule has 0 saturated carbocycles. The van der Waals surface area contributed by atoms with Gasteiger partial charge in [0.25, 0.3) is 0 Å². The lowest BCUT2D eigenvalue weighted by atomic mass is 10.1. The smallest absolute Gasteiger partial charge is 0.405 e. The first-order chi connectivity index (χ1) is 8.11. The molecule has 0 radical (unpaired) electrons. The molecule has 1 atom stereocenters. The molecule has 7 nitrogen and oxygen atoms in total. The summed E-state index contributed by atoms with van der Waals surface area (Å²) < 4.78 is 35.2. The van der Waals surface area contributed by atoms with Gasteiger partial charge in [0.1, 0.15) is 12.6 Å². The normalized spacial score (nSPS) is 12.6. The summed E-state index contributed by atoms with van der Waals surface area (Å²) in [6.45, 7) is -1.58. The van der Waals surface area contributed by atoms with Crippen molar-refractivity contribution >= 4 is 17.9 Å². The zero-order chi connectivity index (χ0) is 14.3. The average molecular weight is 271 g/mol. The molecular formula is C8H12F3N3O4. The number of carboxylic acid groups (broad SMARTS) is 1. The van der Waals surface area contributed by atoms with E-state index in [0.717, 1.165) is 0 Å². The van der Waals surface area contributed by atoms with E-state index in [-0.39, 0.29) is 12.8 Å². The third kappa shape index (κ3) is 8.19. The van der Waals surface area contributed by atoms with E-state index in [1.54, 1.807) is 5.32 Å². The largest absolute Gasteiger partial charge is 0.480 e. The van der Waals surface area contributed by atoms with E-state index in [9.17, 15) is 27.6 Å². The number of alkyl halides is 3. The molecule has 5 N–H and O–H groups in total. The summed E-state index contributed by atoms with van der Waals surface area (Å²) in [5, 5.41) is 11.9. The second-order valence-corrected chi connectivity index (χ2v) is 3.34. The van der Waals surface area contributed by atoms with Crippen LogP contribution in [0, 0.1) is 0 Å². The third-order valence-corrected chi connectivity index (χ3v) is 1.73. The van der Waals surface area contributed by atoms with Gasteiger partial charge in [0.15, 0.2) is 0 Å². The molecule has 104 valence electrons. The number of carbonyl (C=O) groups excluding carboxylic acids is 2. The van der Waals surface area contributed by atoms with Gasteiger partial charge in [-0.2, -0.15) is 13.2 Å². The first-order valence-corrected chi connectivity index (χ1v) is 4.74. The second-order valence-electron chi connectivity index (χ2n) is 3.34. The van der Waals surface area contributed by atoms with Crippen molar-refractivity contribution in [2.45, 2.75) is 25.1 Å². The molecule has 0 unspecified atom stereocenters. The van der Waals surface area contributed by atoms with Gasteiger partial charge in [-0.3, -0.25) is 4.79 Å². The summed E-state index contributed by atoms with van der Waals surface area (Å²) in [6, 6.07) is -2.77. The van der Waals surface area contributed by atoms with E-state index in [2.05, 4.69) is 0 Å². The summed E-state index contributed by atoms with van der Waals surface area (Å²) in [5.41, 5.74) is 4.78. The minimum absolute atomic E-state index is 0.301. The van der Waals surface area contributed by atoms with Gasteiger partial charge < -0.3 is 21.5 Å². The number of halogens is 3. The number of primary amides is 1. The van der Waals surface area contributed by atoms with Crippen molar-refractivity contribution in [2.24, 2.45) is 5.73 Å². The summed E-state index contributed by atoms with van der Waals surface area (Å²) >= 11 is 0. The summed E-state index contributed by atoms with van der Waals surface area (Å²) in [6.07, 6.45) is -5.20. The van der Waals surface area contributed by atoms with Crippen LogP contribution >= 0.6 is 0 Å². The lowest BCUT2D eigenvalue weighted by molar-refractivity contribution is -0.139. The molecule has 0 aromatic carbocycles. The van der Waals surface area contributed by atoms with Crippen molar-refractivity contribution in [3.05, 3.63) is 0 Å². The van der Waals surface area contributed by atoms with Crippen molar-refractivity contribution in [1.82, 2.24) is 10.6 Å². The van der Waals surface area contributed by atoms with Crippen molar-refractivity contribution in [1.29, 1.82) is 0 Å². The molecule has 0 aliphatic carbocycles. The number of rotatable bonds is 6. The Morgan fingerprint density at radius 1 is 1.28 bits per heavy atom. The molecule has 0 fully saturated rings. The van der Waals surface area contributed by atoms with Gasteiger partial charge >= 0.3 is 18.2 Å². The van der Waals surface area contributed by atoms with E-state index in [0.29, 0.717) is 0 Å². The van der Waals surface area contributed by atoms with E-state index in [1.807, 2.05) is 0 Å². The summed E-state index contributed by atoms with van der Waals surface area (Å²) in [4.78, 5) is 32.0. The Morgan fingerprint density at radius 3 is 2.22 bits per heavy atom. The van der Waals surface area contributed by atoms with Gasteiger partial charge in [-0.1, -0.05) is 0 Å². The Labute approximate surface area is 99.5 Å². The van der Waals surface area contributed by atoms with Crippen LogP contribution in [0.3, 0.4) is 0 Å². The first-order valence-electron chi connectivity index (χ1n) is 4.74. The monoisotopic (exact) mass is 271 g/mol. The van der Waals surface area contributed by atoms with E-state index in [4.69, 9.17) is 10.8 Å². The highest BCUT2D eigenvalue weighted by Gasteiger charge is 2.28. The number of hydrogen-bond donors (Lipinski definition) is 4. The van der Waals surface area contributed by atoms with Crippen LogP contribution in [0.15, 0.2) is 0 Å². The molecule has 0 aliphatic heterocycles. The standard InChI is InChI=1S/C8H12F3N3O4/c9-8(10,11)3-13-7(18)14-4(6(16)17)1-2-5(12)15/h4H,1-3H2,(H2,12,15)(H,16,17)(H2,13,14,18)/t4-/m1/s1. The van der Waals surface area contributed by atoms with Crippen molar-refractivity contribution < 1.29 is 32.7 Å². The van der Waals surface area contributed by atoms with Crippen LogP contribution in [0.2, 0.25) is 0 Å². The number of amides is 3. The number of hydrogen-bond acceptors (Lipinski definition) is 3. The first kappa shape index (κ1) is 16.0. The zero-order valence-corrected chi connectivity index (χ0v) is 9.08. The van der Waals surface area contributed by atoms with Gasteiger partial charge in [-0.05, 0) is 6.42 Å². The highest BCUT2D eigenvalue weighted by atomic mass is 19.4. The fourth-order valence-corrected chi connectivity index (χ4v) is 0.934. The minimum atomic E-state index is -4.59. The number of nitrogens with one attached hydrogen (secondary N) is 2. The second kappa shape index (κ2) is 6.67. The van der Waals surface area contributed by atoms with E-state index >= 15 is 0 Å².